The van der Waals surface area contributed by atoms with E-state index in [1.807, 2.05) is 11.3 Å². The van der Waals surface area contributed by atoms with E-state index in [4.69, 9.17) is 0 Å². The van der Waals surface area contributed by atoms with Gasteiger partial charge in [-0.2, -0.15) is 0 Å². The first kappa shape index (κ1) is 31.8. The van der Waals surface area contributed by atoms with Crippen molar-refractivity contribution in [2.75, 3.05) is 5.32 Å². The SMILES string of the molecule is c1ccc(C2(c3ccccc3)c3ccccc3-c3c(-c4ccc(Nc5ccc(-c6cccc7c6sc6c8ccccc8ccc76)cc5)cc4)cccc32)cc1. The highest BCUT2D eigenvalue weighted by molar-refractivity contribution is 7.27. The number of fused-ring (bicyclic) bond motifs is 8. The molecule has 0 unspecified atom stereocenters. The van der Waals surface area contributed by atoms with Crippen LogP contribution in [-0.4, -0.2) is 0 Å². The number of nitrogens with one attached hydrogen (secondary N) is 1. The minimum absolute atomic E-state index is 0.408. The van der Waals surface area contributed by atoms with Crippen LogP contribution in [-0.2, 0) is 5.41 Å². The molecule has 0 bridgehead atoms. The molecule has 11 rings (SSSR count). The van der Waals surface area contributed by atoms with E-state index in [1.54, 1.807) is 0 Å². The first-order valence-electron chi connectivity index (χ1n) is 18.9. The molecule has 0 radical (unpaired) electrons. The lowest BCUT2D eigenvalue weighted by atomic mass is 9.67. The van der Waals surface area contributed by atoms with Crippen LogP contribution < -0.4 is 5.32 Å². The topological polar surface area (TPSA) is 12.0 Å². The summed E-state index contributed by atoms with van der Waals surface area (Å²) >= 11 is 1.90. The Hall–Kier alpha value is -6.74. The van der Waals surface area contributed by atoms with Gasteiger partial charge < -0.3 is 5.32 Å². The van der Waals surface area contributed by atoms with Crippen LogP contribution in [0.25, 0.3) is 64.3 Å². The average Bonchev–Trinajstić information content (AvgIpc) is 3.80. The lowest BCUT2D eigenvalue weighted by Crippen LogP contribution is -2.28. The average molecular weight is 718 g/mol. The van der Waals surface area contributed by atoms with Gasteiger partial charge in [0.1, 0.15) is 0 Å². The smallest absolute Gasteiger partial charge is 0.0713 e. The van der Waals surface area contributed by atoms with Crippen LogP contribution >= 0.6 is 11.3 Å². The Balaban J connectivity index is 0.930. The zero-order chi connectivity index (χ0) is 36.3. The summed E-state index contributed by atoms with van der Waals surface area (Å²) in [6.45, 7) is 0. The van der Waals surface area contributed by atoms with Crippen LogP contribution in [0.1, 0.15) is 22.3 Å². The van der Waals surface area contributed by atoms with Crippen molar-refractivity contribution >= 4 is 53.7 Å². The summed E-state index contributed by atoms with van der Waals surface area (Å²) in [5.74, 6) is 0. The third-order valence-corrected chi connectivity index (χ3v) is 12.8. The van der Waals surface area contributed by atoms with Crippen LogP contribution in [0.15, 0.2) is 206 Å². The Morgan fingerprint density at radius 2 is 0.873 bits per heavy atom. The van der Waals surface area contributed by atoms with Gasteiger partial charge in [0, 0.05) is 31.5 Å². The molecule has 0 atom stereocenters. The summed E-state index contributed by atoms with van der Waals surface area (Å²) in [6, 6.07) is 75.6. The van der Waals surface area contributed by atoms with Crippen LogP contribution in [0.2, 0.25) is 0 Å². The van der Waals surface area contributed by atoms with E-state index in [1.165, 1.54) is 86.6 Å². The van der Waals surface area contributed by atoms with Crippen molar-refractivity contribution < 1.29 is 0 Å². The number of thiophene rings is 1. The summed E-state index contributed by atoms with van der Waals surface area (Å²) in [5, 5.41) is 8.94. The van der Waals surface area contributed by atoms with Crippen LogP contribution in [0, 0.1) is 0 Å². The van der Waals surface area contributed by atoms with Crippen molar-refractivity contribution in [2.45, 2.75) is 5.41 Å². The molecule has 0 amide bonds. The summed E-state index contributed by atoms with van der Waals surface area (Å²) in [7, 11) is 0. The molecule has 0 saturated carbocycles. The van der Waals surface area contributed by atoms with Crippen molar-refractivity contribution in [2.24, 2.45) is 0 Å². The van der Waals surface area contributed by atoms with Gasteiger partial charge in [0.25, 0.3) is 0 Å². The molecule has 9 aromatic carbocycles. The van der Waals surface area contributed by atoms with Gasteiger partial charge in [0.05, 0.1) is 5.41 Å². The van der Waals surface area contributed by atoms with Crippen molar-refractivity contribution in [3.8, 4) is 33.4 Å². The van der Waals surface area contributed by atoms with E-state index >= 15 is 0 Å². The molecule has 10 aromatic rings. The number of hydrogen-bond acceptors (Lipinski definition) is 2. The van der Waals surface area contributed by atoms with Crippen molar-refractivity contribution in [3.63, 3.8) is 0 Å². The fraction of sp³-hybridized carbons (Fsp3) is 0.0189. The number of rotatable bonds is 6. The summed E-state index contributed by atoms with van der Waals surface area (Å²) in [5.41, 5.74) is 14.5. The second-order valence-corrected chi connectivity index (χ2v) is 15.5. The predicted molar refractivity (Wildman–Crippen MR) is 235 cm³/mol. The summed E-state index contributed by atoms with van der Waals surface area (Å²) in [4.78, 5) is 0. The van der Waals surface area contributed by atoms with Gasteiger partial charge in [-0.05, 0) is 90.7 Å². The fourth-order valence-corrected chi connectivity index (χ4v) is 10.5. The first-order valence-corrected chi connectivity index (χ1v) is 19.7. The Labute approximate surface area is 324 Å². The van der Waals surface area contributed by atoms with Crippen LogP contribution in [0.3, 0.4) is 0 Å². The van der Waals surface area contributed by atoms with Crippen molar-refractivity contribution in [3.05, 3.63) is 229 Å². The summed E-state index contributed by atoms with van der Waals surface area (Å²) in [6.07, 6.45) is 0. The Bertz CT molecular complexity index is 2990. The van der Waals surface area contributed by atoms with Gasteiger partial charge in [-0.1, -0.05) is 182 Å². The lowest BCUT2D eigenvalue weighted by molar-refractivity contribution is 0.768. The lowest BCUT2D eigenvalue weighted by Gasteiger charge is -2.34. The third kappa shape index (κ3) is 4.92. The molecule has 1 aromatic heterocycles. The molecule has 1 aliphatic rings. The van der Waals surface area contributed by atoms with E-state index in [-0.39, 0.29) is 0 Å². The molecule has 1 nitrogen and oxygen atoms in total. The maximum Gasteiger partial charge on any atom is 0.0713 e. The molecule has 0 saturated heterocycles. The Kier molecular flexibility index (Phi) is 7.33. The molecule has 258 valence electrons. The van der Waals surface area contributed by atoms with Gasteiger partial charge in [0.15, 0.2) is 0 Å². The summed E-state index contributed by atoms with van der Waals surface area (Å²) < 4.78 is 2.70. The first-order chi connectivity index (χ1) is 27.3. The molecular weight excluding hydrogens is 683 g/mol. The van der Waals surface area contributed by atoms with Crippen molar-refractivity contribution in [1.82, 2.24) is 0 Å². The molecular formula is C53H35NS. The molecule has 0 fully saturated rings. The van der Waals surface area contributed by atoms with Crippen LogP contribution in [0.5, 0.6) is 0 Å². The maximum atomic E-state index is 3.67. The minimum atomic E-state index is -0.408. The fourth-order valence-electron chi connectivity index (χ4n) is 9.12. The van der Waals surface area contributed by atoms with Gasteiger partial charge in [0.2, 0.25) is 0 Å². The molecule has 2 heteroatoms. The second-order valence-electron chi connectivity index (χ2n) is 14.5. The van der Waals surface area contributed by atoms with Gasteiger partial charge >= 0.3 is 0 Å². The number of anilines is 2. The van der Waals surface area contributed by atoms with Crippen molar-refractivity contribution in [1.29, 1.82) is 0 Å². The highest BCUT2D eigenvalue weighted by atomic mass is 32.1. The quantitative estimate of drug-likeness (QED) is 0.181. The van der Waals surface area contributed by atoms with E-state index in [0.29, 0.717) is 0 Å². The number of hydrogen-bond donors (Lipinski definition) is 1. The standard InChI is InChI=1S/C53H35NS/c1-3-14-38(15-4-1)53(39-16-5-2-6-17-39)48-23-10-9-19-47(48)50-42(20-12-24-49(50)53)36-25-30-40(31-26-36)54-41-32-27-37(28-33-41)44-21-11-22-45-46-34-29-35-13-7-8-18-43(35)52(46)55-51(44)45/h1-34,54H. The second kappa shape index (κ2) is 12.7. The molecule has 0 aliphatic heterocycles. The Morgan fingerprint density at radius 1 is 0.345 bits per heavy atom. The molecule has 1 aliphatic carbocycles. The maximum absolute atomic E-state index is 3.67. The van der Waals surface area contributed by atoms with E-state index in [9.17, 15) is 0 Å². The zero-order valence-corrected chi connectivity index (χ0v) is 30.9. The molecule has 55 heavy (non-hydrogen) atoms. The molecule has 0 spiro atoms. The van der Waals surface area contributed by atoms with E-state index in [2.05, 4.69) is 212 Å². The van der Waals surface area contributed by atoms with E-state index < -0.39 is 5.41 Å². The zero-order valence-electron chi connectivity index (χ0n) is 30.0. The van der Waals surface area contributed by atoms with Gasteiger partial charge in [-0.25, -0.2) is 0 Å². The largest absolute Gasteiger partial charge is 0.356 e. The normalized spacial score (nSPS) is 12.9. The highest BCUT2D eigenvalue weighted by Crippen LogP contribution is 2.58. The molecule has 1 N–H and O–H groups in total. The molecule has 1 heterocycles. The Morgan fingerprint density at radius 3 is 1.60 bits per heavy atom. The van der Waals surface area contributed by atoms with Crippen LogP contribution in [0.4, 0.5) is 11.4 Å². The predicted octanol–water partition coefficient (Wildman–Crippen LogP) is 14.6. The monoisotopic (exact) mass is 717 g/mol. The third-order valence-electron chi connectivity index (χ3n) is 11.6. The number of benzene rings is 9. The van der Waals surface area contributed by atoms with E-state index in [0.717, 1.165) is 11.4 Å². The minimum Gasteiger partial charge on any atom is -0.356 e. The van der Waals surface area contributed by atoms with Gasteiger partial charge in [-0.15, -0.1) is 11.3 Å². The highest BCUT2D eigenvalue weighted by Gasteiger charge is 2.46. The van der Waals surface area contributed by atoms with Gasteiger partial charge in [-0.3, -0.25) is 0 Å².